The Labute approximate surface area is 126 Å². The van der Waals surface area contributed by atoms with E-state index in [1.54, 1.807) is 13.0 Å². The molecule has 1 aliphatic carbocycles. The molecule has 0 bridgehead atoms. The summed E-state index contributed by atoms with van der Waals surface area (Å²) < 4.78 is 27.9. The van der Waals surface area contributed by atoms with E-state index in [-0.39, 0.29) is 12.0 Å². The largest absolute Gasteiger partial charge is 0.393 e. The highest BCUT2D eigenvalue weighted by Crippen LogP contribution is 2.30. The van der Waals surface area contributed by atoms with Crippen molar-refractivity contribution in [1.82, 2.24) is 4.72 Å². The summed E-state index contributed by atoms with van der Waals surface area (Å²) in [5, 5.41) is 9.85. The van der Waals surface area contributed by atoms with E-state index in [2.05, 4.69) is 20.7 Å². The van der Waals surface area contributed by atoms with Crippen molar-refractivity contribution in [2.24, 2.45) is 5.92 Å². The van der Waals surface area contributed by atoms with E-state index in [0.29, 0.717) is 11.4 Å². The van der Waals surface area contributed by atoms with Crippen LogP contribution in [0.4, 0.5) is 0 Å². The van der Waals surface area contributed by atoms with Gasteiger partial charge in [-0.25, -0.2) is 13.1 Å². The normalized spacial score (nSPS) is 24.6. The summed E-state index contributed by atoms with van der Waals surface area (Å²) in [7, 11) is -3.47. The van der Waals surface area contributed by atoms with Crippen molar-refractivity contribution < 1.29 is 13.5 Å². The number of halogens is 1. The second-order valence-corrected chi connectivity index (χ2v) is 9.31. The van der Waals surface area contributed by atoms with Gasteiger partial charge in [-0.1, -0.05) is 12.8 Å². The molecule has 1 aromatic heterocycles. The minimum atomic E-state index is -3.47. The first-order valence-corrected chi connectivity index (χ1v) is 9.43. The smallest absolute Gasteiger partial charge is 0.241 e. The van der Waals surface area contributed by atoms with Crippen LogP contribution in [0.25, 0.3) is 0 Å². The Bertz CT molecular complexity index is 541. The highest BCUT2D eigenvalue weighted by Gasteiger charge is 2.26. The molecule has 2 rings (SSSR count). The molecule has 0 aromatic carbocycles. The zero-order valence-corrected chi connectivity index (χ0v) is 13.9. The lowest BCUT2D eigenvalue weighted by atomic mass is 9.87. The summed E-state index contributed by atoms with van der Waals surface area (Å²) >= 11 is 4.71. The van der Waals surface area contributed by atoms with Gasteiger partial charge in [0, 0.05) is 11.4 Å². The van der Waals surface area contributed by atoms with E-state index in [0.717, 1.165) is 34.3 Å². The van der Waals surface area contributed by atoms with Crippen LogP contribution in [0, 0.1) is 12.8 Å². The molecule has 0 aliphatic heterocycles. The first kappa shape index (κ1) is 15.4. The molecule has 19 heavy (non-hydrogen) atoms. The maximum Gasteiger partial charge on any atom is 0.241 e. The van der Waals surface area contributed by atoms with E-state index >= 15 is 0 Å². The van der Waals surface area contributed by atoms with Crippen LogP contribution in [0.5, 0.6) is 0 Å². The van der Waals surface area contributed by atoms with Crippen LogP contribution >= 0.6 is 27.3 Å². The van der Waals surface area contributed by atoms with Gasteiger partial charge in [0.15, 0.2) is 0 Å². The molecule has 108 valence electrons. The predicted molar refractivity (Wildman–Crippen MR) is 79.9 cm³/mol. The molecule has 7 heteroatoms. The average molecular weight is 368 g/mol. The molecule has 0 saturated heterocycles. The lowest BCUT2D eigenvalue weighted by Crippen LogP contribution is -2.36. The van der Waals surface area contributed by atoms with Gasteiger partial charge in [0.1, 0.15) is 0 Å². The standard InChI is InChI=1S/C12H18BrNO3S2/c1-8-11(6-12(13)18-8)19(16,17)14-7-9-4-2-3-5-10(9)15/h6,9-10,14-15H,2-5,7H2,1H3. The monoisotopic (exact) mass is 367 g/mol. The molecule has 0 amide bonds. The van der Waals surface area contributed by atoms with E-state index in [9.17, 15) is 13.5 Å². The van der Waals surface area contributed by atoms with Crippen LogP contribution in [0.1, 0.15) is 30.6 Å². The molecule has 1 aliphatic rings. The first-order chi connectivity index (χ1) is 8.90. The molecule has 4 nitrogen and oxygen atoms in total. The zero-order valence-electron chi connectivity index (χ0n) is 10.7. The van der Waals surface area contributed by atoms with Gasteiger partial charge >= 0.3 is 0 Å². The molecular weight excluding hydrogens is 350 g/mol. The summed E-state index contributed by atoms with van der Waals surface area (Å²) in [5.74, 6) is 0.0332. The number of aryl methyl sites for hydroxylation is 1. The van der Waals surface area contributed by atoms with Crippen LogP contribution in [0.15, 0.2) is 14.7 Å². The molecule has 1 fully saturated rings. The SMILES string of the molecule is Cc1sc(Br)cc1S(=O)(=O)NCC1CCCCC1O. The van der Waals surface area contributed by atoms with Gasteiger partial charge < -0.3 is 5.11 Å². The van der Waals surface area contributed by atoms with Crippen LogP contribution in [-0.2, 0) is 10.0 Å². The van der Waals surface area contributed by atoms with Crippen molar-refractivity contribution in [3.63, 3.8) is 0 Å². The van der Waals surface area contributed by atoms with Gasteiger partial charge in [-0.15, -0.1) is 11.3 Å². The second kappa shape index (κ2) is 6.22. The third-order valence-electron chi connectivity index (χ3n) is 3.54. The zero-order chi connectivity index (χ0) is 14.0. The Kier molecular flexibility index (Phi) is 5.05. The van der Waals surface area contributed by atoms with Gasteiger partial charge in [0.25, 0.3) is 0 Å². The van der Waals surface area contributed by atoms with E-state index < -0.39 is 10.0 Å². The summed E-state index contributed by atoms with van der Waals surface area (Å²) in [6.07, 6.45) is 3.37. The topological polar surface area (TPSA) is 66.4 Å². The Morgan fingerprint density at radius 2 is 2.16 bits per heavy atom. The molecule has 1 saturated carbocycles. The van der Waals surface area contributed by atoms with Crippen LogP contribution in [-0.4, -0.2) is 26.2 Å². The fourth-order valence-electron chi connectivity index (χ4n) is 2.42. The maximum absolute atomic E-state index is 12.2. The molecule has 2 unspecified atom stereocenters. The van der Waals surface area contributed by atoms with Gasteiger partial charge in [-0.2, -0.15) is 0 Å². The first-order valence-electron chi connectivity index (χ1n) is 6.34. The fourth-order valence-corrected chi connectivity index (χ4v) is 5.93. The molecule has 1 heterocycles. The number of hydrogen-bond donors (Lipinski definition) is 2. The highest BCUT2D eigenvalue weighted by molar-refractivity contribution is 9.11. The third-order valence-corrected chi connectivity index (χ3v) is 6.77. The van der Waals surface area contributed by atoms with E-state index in [1.807, 2.05) is 0 Å². The van der Waals surface area contributed by atoms with Gasteiger partial charge in [-0.3, -0.25) is 0 Å². The fraction of sp³-hybridized carbons (Fsp3) is 0.667. The van der Waals surface area contributed by atoms with Crippen molar-refractivity contribution in [3.05, 3.63) is 14.7 Å². The van der Waals surface area contributed by atoms with Crippen molar-refractivity contribution in [3.8, 4) is 0 Å². The lowest BCUT2D eigenvalue weighted by molar-refractivity contribution is 0.0724. The van der Waals surface area contributed by atoms with Gasteiger partial charge in [0.05, 0.1) is 14.8 Å². The number of hydrogen-bond acceptors (Lipinski definition) is 4. The van der Waals surface area contributed by atoms with Crippen LogP contribution in [0.3, 0.4) is 0 Å². The summed E-state index contributed by atoms with van der Waals surface area (Å²) in [6, 6.07) is 1.62. The lowest BCUT2D eigenvalue weighted by Gasteiger charge is -2.27. The summed E-state index contributed by atoms with van der Waals surface area (Å²) in [6.45, 7) is 2.11. The molecular formula is C12H18BrNO3S2. The molecule has 1 aromatic rings. The molecule has 0 spiro atoms. The van der Waals surface area contributed by atoms with Crippen molar-refractivity contribution in [1.29, 1.82) is 0 Å². The van der Waals surface area contributed by atoms with Crippen LogP contribution in [0.2, 0.25) is 0 Å². The number of sulfonamides is 1. The third kappa shape index (κ3) is 3.78. The summed E-state index contributed by atoms with van der Waals surface area (Å²) in [4.78, 5) is 1.10. The summed E-state index contributed by atoms with van der Waals surface area (Å²) in [5.41, 5.74) is 0. The maximum atomic E-state index is 12.2. The Morgan fingerprint density at radius 3 is 2.74 bits per heavy atom. The quantitative estimate of drug-likeness (QED) is 0.859. The van der Waals surface area contributed by atoms with Gasteiger partial charge in [0.2, 0.25) is 10.0 Å². The van der Waals surface area contributed by atoms with Crippen LogP contribution < -0.4 is 4.72 Å². The Balaban J connectivity index is 2.03. The minimum absolute atomic E-state index is 0.0332. The average Bonchev–Trinajstić information content (AvgIpc) is 2.68. The number of thiophene rings is 1. The highest BCUT2D eigenvalue weighted by atomic mass is 79.9. The number of aliphatic hydroxyl groups is 1. The predicted octanol–water partition coefficient (Wildman–Crippen LogP) is 2.65. The molecule has 2 N–H and O–H groups in total. The van der Waals surface area contributed by atoms with Crippen molar-refractivity contribution in [2.45, 2.75) is 43.6 Å². The minimum Gasteiger partial charge on any atom is -0.393 e. The molecule has 0 radical (unpaired) electrons. The van der Waals surface area contributed by atoms with E-state index in [1.165, 1.54) is 11.3 Å². The number of aliphatic hydroxyl groups excluding tert-OH is 1. The number of rotatable bonds is 4. The van der Waals surface area contributed by atoms with Crippen molar-refractivity contribution in [2.75, 3.05) is 6.54 Å². The van der Waals surface area contributed by atoms with Crippen molar-refractivity contribution >= 4 is 37.3 Å². The Hall–Kier alpha value is 0.0500. The van der Waals surface area contributed by atoms with Gasteiger partial charge in [-0.05, 0) is 47.7 Å². The molecule has 2 atom stereocenters. The Morgan fingerprint density at radius 1 is 1.47 bits per heavy atom. The van der Waals surface area contributed by atoms with E-state index in [4.69, 9.17) is 0 Å². The second-order valence-electron chi connectivity index (χ2n) is 4.93. The number of nitrogens with one attached hydrogen (secondary N) is 1.